The molecular formula is C18H20N2O4S. The molecule has 1 aliphatic rings. The number of benzene rings is 2. The zero-order chi connectivity index (χ0) is 18.0. The Labute approximate surface area is 147 Å². The molecular weight excluding hydrogens is 340 g/mol. The summed E-state index contributed by atoms with van der Waals surface area (Å²) in [6, 6.07) is 10.5. The summed E-state index contributed by atoms with van der Waals surface area (Å²) in [7, 11) is -2.59. The van der Waals surface area contributed by atoms with E-state index in [1.807, 2.05) is 6.07 Å². The van der Waals surface area contributed by atoms with Crippen molar-refractivity contribution in [3.63, 3.8) is 0 Å². The number of hydrogen-bond acceptors (Lipinski definition) is 4. The highest BCUT2D eigenvalue weighted by Gasteiger charge is 2.17. The minimum Gasteiger partial charge on any atom is -0.495 e. The molecule has 1 amide bonds. The van der Waals surface area contributed by atoms with E-state index >= 15 is 0 Å². The van der Waals surface area contributed by atoms with Gasteiger partial charge in [0.1, 0.15) is 10.6 Å². The quantitative estimate of drug-likeness (QED) is 0.852. The maximum atomic E-state index is 12.3. The summed E-state index contributed by atoms with van der Waals surface area (Å²) in [4.78, 5) is 12.1. The smallest absolute Gasteiger partial charge is 0.241 e. The number of methoxy groups -OCH3 is 1. The first kappa shape index (κ1) is 17.4. The molecule has 0 bridgehead atoms. The molecule has 0 fully saturated rings. The summed E-state index contributed by atoms with van der Waals surface area (Å²) >= 11 is 0. The van der Waals surface area contributed by atoms with Crippen LogP contribution in [-0.4, -0.2) is 21.4 Å². The second kappa shape index (κ2) is 6.85. The van der Waals surface area contributed by atoms with Crippen LogP contribution in [0, 0.1) is 0 Å². The molecule has 3 N–H and O–H groups in total. The Hall–Kier alpha value is -2.38. The highest BCUT2D eigenvalue weighted by Crippen LogP contribution is 2.26. The Morgan fingerprint density at radius 3 is 2.64 bits per heavy atom. The van der Waals surface area contributed by atoms with Crippen LogP contribution in [0.3, 0.4) is 0 Å². The number of primary sulfonamides is 1. The summed E-state index contributed by atoms with van der Waals surface area (Å²) in [6.45, 7) is 0. The molecule has 0 spiro atoms. The minimum atomic E-state index is -3.95. The van der Waals surface area contributed by atoms with Crippen molar-refractivity contribution in [1.29, 1.82) is 0 Å². The molecule has 0 aromatic heterocycles. The van der Waals surface area contributed by atoms with Gasteiger partial charge in [-0.3, -0.25) is 4.79 Å². The van der Waals surface area contributed by atoms with Crippen LogP contribution in [0.4, 0.5) is 5.69 Å². The molecule has 2 aromatic carbocycles. The number of aryl methyl sites for hydroxylation is 2. The lowest BCUT2D eigenvalue weighted by molar-refractivity contribution is -0.115. The summed E-state index contributed by atoms with van der Waals surface area (Å²) in [5.41, 5.74) is 3.97. The Kier molecular flexibility index (Phi) is 4.78. The van der Waals surface area contributed by atoms with E-state index in [1.54, 1.807) is 6.07 Å². The van der Waals surface area contributed by atoms with E-state index in [9.17, 15) is 13.2 Å². The summed E-state index contributed by atoms with van der Waals surface area (Å²) < 4.78 is 28.3. The molecule has 3 rings (SSSR count). The molecule has 0 saturated heterocycles. The van der Waals surface area contributed by atoms with Crippen molar-refractivity contribution in [3.05, 3.63) is 53.1 Å². The predicted octanol–water partition coefficient (Wildman–Crippen LogP) is 2.01. The van der Waals surface area contributed by atoms with Crippen LogP contribution in [0.15, 0.2) is 41.3 Å². The molecule has 0 atom stereocenters. The average molecular weight is 360 g/mol. The summed E-state index contributed by atoms with van der Waals surface area (Å²) in [5.74, 6) is -0.0809. The molecule has 2 aromatic rings. The van der Waals surface area contributed by atoms with Crippen LogP contribution in [0.2, 0.25) is 0 Å². The maximum Gasteiger partial charge on any atom is 0.241 e. The molecule has 1 aliphatic carbocycles. The highest BCUT2D eigenvalue weighted by atomic mass is 32.2. The lowest BCUT2D eigenvalue weighted by Gasteiger charge is -2.11. The molecule has 25 heavy (non-hydrogen) atoms. The van der Waals surface area contributed by atoms with Gasteiger partial charge in [0.2, 0.25) is 15.9 Å². The first-order valence-corrected chi connectivity index (χ1v) is 9.53. The Morgan fingerprint density at radius 2 is 1.92 bits per heavy atom. The standard InChI is InChI=1S/C18H20N2O4S/c1-24-16-8-7-15(11-17(16)25(19,22)23)20-18(21)10-12-5-6-13-3-2-4-14(13)9-12/h5-9,11H,2-4,10H2,1H3,(H,20,21)(H2,19,22,23). The van der Waals surface area contributed by atoms with Gasteiger partial charge in [0.05, 0.1) is 13.5 Å². The van der Waals surface area contributed by atoms with Crippen molar-refractivity contribution in [2.45, 2.75) is 30.6 Å². The number of sulfonamides is 1. The van der Waals surface area contributed by atoms with E-state index in [2.05, 4.69) is 17.4 Å². The van der Waals surface area contributed by atoms with Crippen LogP contribution < -0.4 is 15.2 Å². The van der Waals surface area contributed by atoms with E-state index in [0.29, 0.717) is 5.69 Å². The van der Waals surface area contributed by atoms with Crippen LogP contribution in [0.25, 0.3) is 0 Å². The number of hydrogen-bond donors (Lipinski definition) is 2. The van der Waals surface area contributed by atoms with Gasteiger partial charge in [0.15, 0.2) is 0 Å². The molecule has 0 unspecified atom stereocenters. The van der Waals surface area contributed by atoms with Gasteiger partial charge in [0, 0.05) is 5.69 Å². The number of fused-ring (bicyclic) bond motifs is 1. The fourth-order valence-corrected chi connectivity index (χ4v) is 3.83. The predicted molar refractivity (Wildman–Crippen MR) is 95.2 cm³/mol. The van der Waals surface area contributed by atoms with Crippen molar-refractivity contribution in [1.82, 2.24) is 0 Å². The zero-order valence-corrected chi connectivity index (χ0v) is 14.7. The van der Waals surface area contributed by atoms with Gasteiger partial charge in [-0.25, -0.2) is 13.6 Å². The number of nitrogens with one attached hydrogen (secondary N) is 1. The Morgan fingerprint density at radius 1 is 1.16 bits per heavy atom. The minimum absolute atomic E-state index is 0.138. The fourth-order valence-electron chi connectivity index (χ4n) is 3.10. The molecule has 0 saturated carbocycles. The average Bonchev–Trinajstić information content (AvgIpc) is 3.01. The molecule has 0 aliphatic heterocycles. The first-order valence-electron chi connectivity index (χ1n) is 7.98. The highest BCUT2D eigenvalue weighted by molar-refractivity contribution is 7.89. The molecule has 0 heterocycles. The number of anilines is 1. The van der Waals surface area contributed by atoms with Crippen molar-refractivity contribution in [2.24, 2.45) is 5.14 Å². The van der Waals surface area contributed by atoms with Gasteiger partial charge in [-0.15, -0.1) is 0 Å². The van der Waals surface area contributed by atoms with Gasteiger partial charge < -0.3 is 10.1 Å². The Balaban J connectivity index is 1.75. The topological polar surface area (TPSA) is 98.5 Å². The zero-order valence-electron chi connectivity index (χ0n) is 13.9. The van der Waals surface area contributed by atoms with Crippen LogP contribution >= 0.6 is 0 Å². The largest absolute Gasteiger partial charge is 0.495 e. The fraction of sp³-hybridized carbons (Fsp3) is 0.278. The van der Waals surface area contributed by atoms with Crippen LogP contribution in [0.1, 0.15) is 23.1 Å². The first-order chi connectivity index (χ1) is 11.9. The van der Waals surface area contributed by atoms with E-state index in [4.69, 9.17) is 9.88 Å². The molecule has 132 valence electrons. The van der Waals surface area contributed by atoms with Crippen molar-refractivity contribution in [2.75, 3.05) is 12.4 Å². The lowest BCUT2D eigenvalue weighted by Crippen LogP contribution is -2.17. The number of amides is 1. The number of nitrogens with two attached hydrogens (primary N) is 1. The number of ether oxygens (including phenoxy) is 1. The molecule has 6 nitrogen and oxygen atoms in total. The van der Waals surface area contributed by atoms with Crippen molar-refractivity contribution < 1.29 is 17.9 Å². The SMILES string of the molecule is COc1ccc(NC(=O)Cc2ccc3c(c2)CCC3)cc1S(N)(=O)=O. The van der Waals surface area contributed by atoms with Crippen LogP contribution in [0.5, 0.6) is 5.75 Å². The number of rotatable bonds is 5. The normalized spacial score (nSPS) is 13.4. The Bertz CT molecular complexity index is 923. The van der Waals surface area contributed by atoms with Gasteiger partial charge >= 0.3 is 0 Å². The third-order valence-corrected chi connectivity index (χ3v) is 5.21. The van der Waals surface area contributed by atoms with E-state index in [1.165, 1.54) is 30.4 Å². The molecule has 7 heteroatoms. The summed E-state index contributed by atoms with van der Waals surface area (Å²) in [5, 5.41) is 7.90. The van der Waals surface area contributed by atoms with Crippen LogP contribution in [-0.2, 0) is 34.1 Å². The third-order valence-electron chi connectivity index (χ3n) is 4.28. The van der Waals surface area contributed by atoms with Gasteiger partial charge in [0.25, 0.3) is 0 Å². The monoisotopic (exact) mass is 360 g/mol. The van der Waals surface area contributed by atoms with E-state index < -0.39 is 10.0 Å². The second-order valence-corrected chi connectivity index (χ2v) is 7.62. The van der Waals surface area contributed by atoms with Gasteiger partial charge in [-0.1, -0.05) is 18.2 Å². The summed E-state index contributed by atoms with van der Waals surface area (Å²) in [6.07, 6.45) is 3.54. The van der Waals surface area contributed by atoms with E-state index in [-0.39, 0.29) is 23.0 Å². The third kappa shape index (κ3) is 4.00. The molecule has 0 radical (unpaired) electrons. The van der Waals surface area contributed by atoms with Gasteiger partial charge in [-0.2, -0.15) is 0 Å². The van der Waals surface area contributed by atoms with Crippen molar-refractivity contribution >= 4 is 21.6 Å². The lowest BCUT2D eigenvalue weighted by atomic mass is 10.0. The number of carbonyl (C=O) groups excluding carboxylic acids is 1. The number of carbonyl (C=O) groups is 1. The second-order valence-electron chi connectivity index (χ2n) is 6.09. The van der Waals surface area contributed by atoms with Crippen molar-refractivity contribution in [3.8, 4) is 5.75 Å². The van der Waals surface area contributed by atoms with Gasteiger partial charge in [-0.05, 0) is 54.2 Å². The maximum absolute atomic E-state index is 12.3. The van der Waals surface area contributed by atoms with E-state index in [0.717, 1.165) is 24.8 Å².